The summed E-state index contributed by atoms with van der Waals surface area (Å²) in [5.41, 5.74) is 0. The normalized spacial score (nSPS) is 4.24. The van der Waals surface area contributed by atoms with Gasteiger partial charge in [-0.25, -0.2) is 0 Å². The minimum Gasteiger partial charge on any atom is -1.00 e. The van der Waals surface area contributed by atoms with E-state index in [1.165, 1.54) is 0 Å². The van der Waals surface area contributed by atoms with E-state index in [4.69, 9.17) is 42.2 Å². The van der Waals surface area contributed by atoms with Crippen molar-refractivity contribution in [3.05, 3.63) is 0 Å². The van der Waals surface area contributed by atoms with Gasteiger partial charge < -0.3 is 42.6 Å². The third-order valence-corrected chi connectivity index (χ3v) is 0. The Morgan fingerprint density at radius 3 is 0.588 bits per heavy atom. The van der Waals surface area contributed by atoms with E-state index in [-0.39, 0.29) is 71.6 Å². The van der Waals surface area contributed by atoms with Crippen LogP contribution in [0.1, 0.15) is 2.85 Å². The summed E-state index contributed by atoms with van der Waals surface area (Å²) in [7, 11) is -9.39. The van der Waals surface area contributed by atoms with Gasteiger partial charge in [-0.15, -0.1) is 0 Å². The van der Waals surface area contributed by atoms with Crippen molar-refractivity contribution in [1.82, 2.24) is 0 Å². The van der Waals surface area contributed by atoms with Crippen LogP contribution in [0.2, 0.25) is 0 Å². The molecule has 0 saturated heterocycles. The third kappa shape index (κ3) is 9770. The molecule has 10 N–H and O–H groups in total. The summed E-state index contributed by atoms with van der Waals surface area (Å²) < 4.78 is 26.2. The Balaban J connectivity index is -0.00000000675. The summed E-state index contributed by atoms with van der Waals surface area (Å²) in [4.78, 5) is 42.9. The predicted octanol–water partition coefficient (Wildman–Crippen LogP) is -9.01. The van der Waals surface area contributed by atoms with Crippen LogP contribution in [-0.2, 0) is 13.4 Å². The van der Waals surface area contributed by atoms with Gasteiger partial charge in [-0.3, -0.25) is 13.4 Å². The van der Waals surface area contributed by atoms with Crippen molar-refractivity contribution in [3.8, 4) is 0 Å². The Hall–Kier alpha value is 0.602. The van der Waals surface area contributed by atoms with Crippen molar-refractivity contribution < 1.29 is 56.0 Å². The van der Waals surface area contributed by atoms with E-state index in [0.29, 0.717) is 0 Å². The molecule has 0 spiro atoms. The summed E-state index contributed by atoms with van der Waals surface area (Å²) >= 11 is 0. The van der Waals surface area contributed by atoms with Crippen LogP contribution in [0, 0.1) is 0 Å². The van der Waals surface area contributed by atoms with Gasteiger partial charge in [0.1, 0.15) is 0 Å². The summed E-state index contributed by atoms with van der Waals surface area (Å²) in [6.07, 6.45) is 0. The molecule has 11 nitrogen and oxygen atoms in total. The van der Waals surface area contributed by atoms with E-state index in [2.05, 4.69) is 0 Å². The summed E-state index contributed by atoms with van der Waals surface area (Å²) in [5, 5.41) is 0. The molecular weight excluding hydrogens is 339 g/mol. The van der Waals surface area contributed by atoms with Gasteiger partial charge in [0.05, 0.1) is 0 Å². The van der Waals surface area contributed by atoms with Crippen LogP contribution in [-0.4, -0.2) is 125 Å². The minimum absolute atomic E-state index is 0. The molecule has 0 fully saturated rings. The molecule has 0 radical (unpaired) electrons. The first-order valence-electron chi connectivity index (χ1n) is 1.95. The second-order valence-corrected chi connectivity index (χ2v) is 2.54. The molecule has 0 amide bonds. The standard InChI is InChI=1S/2Al.Mg.3H2O3Si.2H2O.8H/c;;;3*1-4(2)3;;;;;;;;;;/h;;;3*1-2H;2*1H2;;;;;;;;/q;;+2;;;;;;;;;;;;2*-1. The van der Waals surface area contributed by atoms with Crippen molar-refractivity contribution in [1.29, 1.82) is 0 Å². The number of hydrogen-bond donors (Lipinski definition) is 6. The van der Waals surface area contributed by atoms with Crippen molar-refractivity contribution in [2.24, 2.45) is 0 Å². The van der Waals surface area contributed by atoms with Gasteiger partial charge in [0.2, 0.25) is 0 Å². The van der Waals surface area contributed by atoms with E-state index in [1.807, 2.05) is 0 Å². The molecule has 0 aromatic heterocycles. The second-order valence-electron chi connectivity index (χ2n) is 0.848. The Morgan fingerprint density at radius 1 is 0.588 bits per heavy atom. The molecule has 0 bridgehead atoms. The summed E-state index contributed by atoms with van der Waals surface area (Å²) in [5.74, 6) is 0. The second kappa shape index (κ2) is 43.8. The zero-order chi connectivity index (χ0) is 10.7. The maximum atomic E-state index is 8.74. The molecule has 0 aliphatic rings. The van der Waals surface area contributed by atoms with Crippen LogP contribution in [0.4, 0.5) is 0 Å². The van der Waals surface area contributed by atoms with Crippen LogP contribution in [0.25, 0.3) is 0 Å². The first-order chi connectivity index (χ1) is 5.20. The average molecular weight is 357 g/mol. The fraction of sp³-hybridized carbons (Fsp3) is 0. The van der Waals surface area contributed by atoms with Gasteiger partial charge in [0.15, 0.2) is 34.7 Å². The molecule has 17 heavy (non-hydrogen) atoms. The van der Waals surface area contributed by atoms with Gasteiger partial charge in [-0.1, -0.05) is 0 Å². The SMILES string of the molecule is O.O.O=[Si](O)O.O=[Si](O)O.O=[Si](O)O.[AlH3].[AlH3].[H-].[H-].[Mg+2]. The number of hydrogen-bond acceptors (Lipinski definition) is 3. The molecule has 0 heterocycles. The molecule has 0 aliphatic carbocycles. The predicted molar refractivity (Wildman–Crippen MR) is 67.7 cm³/mol. The zero-order valence-electron chi connectivity index (χ0n) is 9.12. The first kappa shape index (κ1) is 52.6. The van der Waals surface area contributed by atoms with E-state index in [1.54, 1.807) is 0 Å². The van der Waals surface area contributed by atoms with Gasteiger partial charge in [0.25, 0.3) is 0 Å². The van der Waals surface area contributed by atoms with Crippen LogP contribution < -0.4 is 0 Å². The van der Waals surface area contributed by atoms with Crippen LogP contribution in [0.3, 0.4) is 0 Å². The number of rotatable bonds is 0. The Labute approximate surface area is 140 Å². The van der Waals surface area contributed by atoms with E-state index >= 15 is 0 Å². The monoisotopic (exact) mass is 356 g/mol. The van der Waals surface area contributed by atoms with E-state index < -0.39 is 27.5 Å². The van der Waals surface area contributed by atoms with Crippen molar-refractivity contribution in [3.63, 3.8) is 0 Å². The van der Waals surface area contributed by atoms with Crippen molar-refractivity contribution in [2.45, 2.75) is 0 Å². The maximum Gasteiger partial charge on any atom is 2.00 e. The molecule has 0 atom stereocenters. The van der Waals surface area contributed by atoms with E-state index in [0.717, 1.165) is 0 Å². The van der Waals surface area contributed by atoms with E-state index in [9.17, 15) is 0 Å². The fourth-order valence-electron chi connectivity index (χ4n) is 0. The van der Waals surface area contributed by atoms with Gasteiger partial charge in [-0.2, -0.15) is 0 Å². The fourth-order valence-corrected chi connectivity index (χ4v) is 0. The largest absolute Gasteiger partial charge is 2.00 e. The molecule has 0 unspecified atom stereocenters. The molecular formula is H18Al2MgO11Si3. The first-order valence-corrected chi connectivity index (χ1v) is 5.86. The van der Waals surface area contributed by atoms with Crippen LogP contribution in [0.5, 0.6) is 0 Å². The Morgan fingerprint density at radius 2 is 0.588 bits per heavy atom. The van der Waals surface area contributed by atoms with Gasteiger partial charge in [-0.05, 0) is 0 Å². The van der Waals surface area contributed by atoms with Gasteiger partial charge in [0, 0.05) is 0 Å². The summed E-state index contributed by atoms with van der Waals surface area (Å²) in [6, 6.07) is 0. The molecule has 0 aromatic carbocycles. The third-order valence-electron chi connectivity index (χ3n) is 0. The minimum atomic E-state index is -3.13. The zero-order valence-corrected chi connectivity index (χ0v) is 11.5. The maximum absolute atomic E-state index is 8.74. The van der Waals surface area contributed by atoms with Crippen LogP contribution >= 0.6 is 0 Å². The molecule has 104 valence electrons. The Kier molecular flexibility index (Phi) is 136. The summed E-state index contributed by atoms with van der Waals surface area (Å²) in [6.45, 7) is 0. The molecule has 0 rings (SSSR count). The molecule has 17 heteroatoms. The smallest absolute Gasteiger partial charge is 1.00 e. The average Bonchev–Trinajstić information content (AvgIpc) is 1.54. The molecule has 0 saturated carbocycles. The topological polar surface area (TPSA) is 236 Å². The van der Waals surface area contributed by atoms with Crippen molar-refractivity contribution >= 4 is 85.3 Å². The Bertz CT molecular complexity index is 131. The molecule has 0 aromatic rings. The van der Waals surface area contributed by atoms with Crippen LogP contribution in [0.15, 0.2) is 0 Å². The van der Waals surface area contributed by atoms with Crippen molar-refractivity contribution in [2.75, 3.05) is 0 Å². The van der Waals surface area contributed by atoms with Gasteiger partial charge >= 0.3 is 50.6 Å². The molecule has 0 aliphatic heterocycles. The quantitative estimate of drug-likeness (QED) is 0.225.